The molecule has 3 heteroatoms. The Hall–Kier alpha value is -2.29. The molecule has 0 fully saturated rings. The van der Waals surface area contributed by atoms with E-state index in [1.165, 1.54) is 0 Å². The van der Waals surface area contributed by atoms with E-state index in [4.69, 9.17) is 4.74 Å². The molecule has 0 bridgehead atoms. The van der Waals surface area contributed by atoms with Crippen molar-refractivity contribution in [3.8, 4) is 11.5 Å². The summed E-state index contributed by atoms with van der Waals surface area (Å²) in [7, 11) is 0. The van der Waals surface area contributed by atoms with E-state index in [-0.39, 0.29) is 5.75 Å². The number of phenols is 1. The summed E-state index contributed by atoms with van der Waals surface area (Å²) in [5, 5.41) is 11.2. The Balaban J connectivity index is 2.67. The van der Waals surface area contributed by atoms with Gasteiger partial charge >= 0.3 is 5.97 Å². The smallest absolute Gasteiger partial charge is 0.335 e. The molecule has 0 aliphatic carbocycles. The SMILES string of the molecule is C=CC(=O)Oc1cc(C)cc2cccc(O)c12. The lowest BCUT2D eigenvalue weighted by atomic mass is 10.1. The first-order chi connectivity index (χ1) is 8.11. The van der Waals surface area contributed by atoms with E-state index in [0.29, 0.717) is 11.1 Å². The van der Waals surface area contributed by atoms with Crippen LogP contribution in [0.2, 0.25) is 0 Å². The van der Waals surface area contributed by atoms with Crippen molar-refractivity contribution in [2.24, 2.45) is 0 Å². The van der Waals surface area contributed by atoms with Gasteiger partial charge in [0, 0.05) is 6.08 Å². The largest absolute Gasteiger partial charge is 0.507 e. The van der Waals surface area contributed by atoms with Crippen LogP contribution in [0.1, 0.15) is 5.56 Å². The monoisotopic (exact) mass is 228 g/mol. The summed E-state index contributed by atoms with van der Waals surface area (Å²) < 4.78 is 5.12. The molecule has 1 N–H and O–H groups in total. The first kappa shape index (κ1) is 11.2. The van der Waals surface area contributed by atoms with Crippen molar-refractivity contribution < 1.29 is 14.6 Å². The second-order valence-electron chi connectivity index (χ2n) is 3.76. The summed E-state index contributed by atoms with van der Waals surface area (Å²) in [6, 6.07) is 8.79. The lowest BCUT2D eigenvalue weighted by molar-refractivity contribution is -0.128. The molecule has 0 saturated heterocycles. The zero-order chi connectivity index (χ0) is 12.4. The predicted molar refractivity (Wildman–Crippen MR) is 66.2 cm³/mol. The van der Waals surface area contributed by atoms with Gasteiger partial charge in [-0.2, -0.15) is 0 Å². The standard InChI is InChI=1S/C14H12O3/c1-3-13(16)17-12-8-9(2)7-10-5-4-6-11(15)14(10)12/h3-8,15H,1H2,2H3. The molecule has 0 amide bonds. The van der Waals surface area contributed by atoms with E-state index in [1.807, 2.05) is 19.1 Å². The van der Waals surface area contributed by atoms with Gasteiger partial charge in [-0.25, -0.2) is 4.79 Å². The maximum Gasteiger partial charge on any atom is 0.335 e. The quantitative estimate of drug-likeness (QED) is 0.488. The normalized spacial score (nSPS) is 10.2. The molecule has 86 valence electrons. The fraction of sp³-hybridized carbons (Fsp3) is 0.0714. The maximum absolute atomic E-state index is 11.2. The van der Waals surface area contributed by atoms with Crippen LogP contribution in [0.5, 0.6) is 11.5 Å². The molecule has 0 radical (unpaired) electrons. The minimum Gasteiger partial charge on any atom is -0.507 e. The number of carbonyl (C=O) groups excluding carboxylic acids is 1. The number of ether oxygens (including phenoxy) is 1. The second kappa shape index (κ2) is 4.29. The Morgan fingerprint density at radius 3 is 2.88 bits per heavy atom. The maximum atomic E-state index is 11.2. The molecule has 0 aromatic heterocycles. The average molecular weight is 228 g/mol. The highest BCUT2D eigenvalue weighted by atomic mass is 16.5. The van der Waals surface area contributed by atoms with Crippen LogP contribution in [0.4, 0.5) is 0 Å². The van der Waals surface area contributed by atoms with Gasteiger partial charge in [-0.05, 0) is 30.0 Å². The molecular weight excluding hydrogens is 216 g/mol. The number of benzene rings is 2. The highest BCUT2D eigenvalue weighted by molar-refractivity contribution is 5.96. The van der Waals surface area contributed by atoms with Crippen molar-refractivity contribution in [2.75, 3.05) is 0 Å². The van der Waals surface area contributed by atoms with Crippen molar-refractivity contribution >= 4 is 16.7 Å². The van der Waals surface area contributed by atoms with Crippen LogP contribution >= 0.6 is 0 Å². The first-order valence-electron chi connectivity index (χ1n) is 5.18. The summed E-state index contributed by atoms with van der Waals surface area (Å²) in [5.41, 5.74) is 0.954. The fourth-order valence-electron chi connectivity index (χ4n) is 1.74. The number of fused-ring (bicyclic) bond motifs is 1. The molecule has 0 unspecified atom stereocenters. The summed E-state index contributed by atoms with van der Waals surface area (Å²) in [6.07, 6.45) is 1.09. The van der Waals surface area contributed by atoms with Crippen LogP contribution in [0.3, 0.4) is 0 Å². The van der Waals surface area contributed by atoms with E-state index >= 15 is 0 Å². The predicted octanol–water partition coefficient (Wildman–Crippen LogP) is 2.95. The summed E-state index contributed by atoms with van der Waals surface area (Å²) >= 11 is 0. The fourth-order valence-corrected chi connectivity index (χ4v) is 1.74. The van der Waals surface area contributed by atoms with Crippen LogP contribution in [0.25, 0.3) is 10.8 Å². The number of phenolic OH excluding ortho intramolecular Hbond substituents is 1. The van der Waals surface area contributed by atoms with E-state index < -0.39 is 5.97 Å². The van der Waals surface area contributed by atoms with Crippen molar-refractivity contribution in [1.82, 2.24) is 0 Å². The van der Waals surface area contributed by atoms with Crippen molar-refractivity contribution in [1.29, 1.82) is 0 Å². The molecule has 0 heterocycles. The molecule has 2 aromatic rings. The number of rotatable bonds is 2. The molecular formula is C14H12O3. The van der Waals surface area contributed by atoms with Crippen LogP contribution in [0.15, 0.2) is 43.0 Å². The van der Waals surface area contributed by atoms with Gasteiger partial charge < -0.3 is 9.84 Å². The topological polar surface area (TPSA) is 46.5 Å². The Morgan fingerprint density at radius 1 is 1.41 bits per heavy atom. The molecule has 2 aromatic carbocycles. The third-order valence-electron chi connectivity index (χ3n) is 2.44. The van der Waals surface area contributed by atoms with Crippen molar-refractivity contribution in [3.05, 3.63) is 48.6 Å². The highest BCUT2D eigenvalue weighted by Crippen LogP contribution is 2.34. The van der Waals surface area contributed by atoms with Crippen LogP contribution in [-0.4, -0.2) is 11.1 Å². The minimum atomic E-state index is -0.542. The molecule has 0 aliphatic heterocycles. The Morgan fingerprint density at radius 2 is 2.18 bits per heavy atom. The van der Waals surface area contributed by atoms with Gasteiger partial charge in [0.15, 0.2) is 0 Å². The third kappa shape index (κ3) is 2.13. The van der Waals surface area contributed by atoms with Crippen LogP contribution in [-0.2, 0) is 4.79 Å². The molecule has 0 aliphatic rings. The van der Waals surface area contributed by atoms with Gasteiger partial charge in [-0.15, -0.1) is 0 Å². The summed E-state index contributed by atoms with van der Waals surface area (Å²) in [5.74, 6) is -0.0995. The van der Waals surface area contributed by atoms with Crippen molar-refractivity contribution in [2.45, 2.75) is 6.92 Å². The molecule has 0 saturated carbocycles. The zero-order valence-corrected chi connectivity index (χ0v) is 9.43. The Bertz CT molecular complexity index is 600. The Kier molecular flexibility index (Phi) is 2.83. The van der Waals surface area contributed by atoms with E-state index in [1.54, 1.807) is 18.2 Å². The van der Waals surface area contributed by atoms with Crippen molar-refractivity contribution in [3.63, 3.8) is 0 Å². The van der Waals surface area contributed by atoms with Gasteiger partial charge in [0.25, 0.3) is 0 Å². The number of aryl methyl sites for hydroxylation is 1. The first-order valence-corrected chi connectivity index (χ1v) is 5.18. The Labute approximate surface area is 99.0 Å². The van der Waals surface area contributed by atoms with Crippen LogP contribution < -0.4 is 4.74 Å². The van der Waals surface area contributed by atoms with Gasteiger partial charge in [0.2, 0.25) is 0 Å². The molecule has 0 atom stereocenters. The zero-order valence-electron chi connectivity index (χ0n) is 9.43. The second-order valence-corrected chi connectivity index (χ2v) is 3.76. The number of hydrogen-bond acceptors (Lipinski definition) is 3. The van der Waals surface area contributed by atoms with E-state index in [0.717, 1.165) is 17.0 Å². The number of esters is 1. The molecule has 2 rings (SSSR count). The third-order valence-corrected chi connectivity index (χ3v) is 2.44. The van der Waals surface area contributed by atoms with Gasteiger partial charge in [-0.1, -0.05) is 24.8 Å². The highest BCUT2D eigenvalue weighted by Gasteiger charge is 2.10. The number of carbonyl (C=O) groups is 1. The molecule has 0 spiro atoms. The van der Waals surface area contributed by atoms with E-state index in [2.05, 4.69) is 6.58 Å². The van der Waals surface area contributed by atoms with E-state index in [9.17, 15) is 9.90 Å². The van der Waals surface area contributed by atoms with Gasteiger partial charge in [0.05, 0.1) is 5.39 Å². The van der Waals surface area contributed by atoms with Crippen LogP contribution in [0, 0.1) is 6.92 Å². The number of aromatic hydroxyl groups is 1. The lowest BCUT2D eigenvalue weighted by Crippen LogP contribution is -2.03. The average Bonchev–Trinajstić information content (AvgIpc) is 2.28. The number of hydrogen-bond donors (Lipinski definition) is 1. The summed E-state index contributed by atoms with van der Waals surface area (Å²) in [4.78, 5) is 11.2. The van der Waals surface area contributed by atoms with Gasteiger partial charge in [-0.3, -0.25) is 0 Å². The summed E-state index contributed by atoms with van der Waals surface area (Å²) in [6.45, 7) is 5.24. The molecule has 3 nitrogen and oxygen atoms in total. The molecule has 17 heavy (non-hydrogen) atoms. The lowest BCUT2D eigenvalue weighted by Gasteiger charge is -2.09. The van der Waals surface area contributed by atoms with Gasteiger partial charge in [0.1, 0.15) is 11.5 Å². The minimum absolute atomic E-state index is 0.0920.